The first kappa shape index (κ1) is 13.4. The molecule has 21 heavy (non-hydrogen) atoms. The molecular formula is C16H10F3NO. The molecule has 3 aromatic rings. The molecule has 0 radical (unpaired) electrons. The monoisotopic (exact) mass is 289 g/mol. The van der Waals surface area contributed by atoms with Gasteiger partial charge >= 0.3 is 6.18 Å². The molecule has 3 rings (SSSR count). The zero-order chi connectivity index (χ0) is 15.0. The second kappa shape index (κ2) is 4.77. The molecule has 0 N–H and O–H groups in total. The summed E-state index contributed by atoms with van der Waals surface area (Å²) in [5.41, 5.74) is -0.835. The maximum absolute atomic E-state index is 13.1. The van der Waals surface area contributed by atoms with Crippen LogP contribution in [0.15, 0.2) is 65.5 Å². The van der Waals surface area contributed by atoms with Gasteiger partial charge in [-0.05, 0) is 18.2 Å². The van der Waals surface area contributed by atoms with Crippen LogP contribution in [0.4, 0.5) is 13.2 Å². The Labute approximate surface area is 118 Å². The lowest BCUT2D eigenvalue weighted by Gasteiger charge is -2.15. The molecular weight excluding hydrogens is 279 g/mol. The lowest BCUT2D eigenvalue weighted by Crippen LogP contribution is -2.21. The molecule has 0 amide bonds. The van der Waals surface area contributed by atoms with Crippen molar-refractivity contribution in [1.29, 1.82) is 0 Å². The maximum atomic E-state index is 13.1. The van der Waals surface area contributed by atoms with E-state index in [0.717, 1.165) is 0 Å². The molecule has 1 heterocycles. The third-order valence-electron chi connectivity index (χ3n) is 3.24. The highest BCUT2D eigenvalue weighted by molar-refractivity contribution is 5.84. The first-order valence-electron chi connectivity index (χ1n) is 6.26. The summed E-state index contributed by atoms with van der Waals surface area (Å²) >= 11 is 0. The summed E-state index contributed by atoms with van der Waals surface area (Å²) < 4.78 is 40.5. The summed E-state index contributed by atoms with van der Waals surface area (Å²) in [5.74, 6) is 0. The lowest BCUT2D eigenvalue weighted by molar-refractivity contribution is -0.136. The van der Waals surface area contributed by atoms with Gasteiger partial charge in [0.2, 0.25) is 0 Å². The van der Waals surface area contributed by atoms with Gasteiger partial charge in [-0.3, -0.25) is 9.36 Å². The summed E-state index contributed by atoms with van der Waals surface area (Å²) in [6.07, 6.45) is -4.56. The van der Waals surface area contributed by atoms with Crippen molar-refractivity contribution in [2.75, 3.05) is 0 Å². The van der Waals surface area contributed by atoms with Crippen LogP contribution >= 0.6 is 0 Å². The van der Waals surface area contributed by atoms with Gasteiger partial charge in [-0.2, -0.15) is 13.2 Å². The summed E-state index contributed by atoms with van der Waals surface area (Å²) in [4.78, 5) is 12.2. The Hall–Kier alpha value is -2.56. The van der Waals surface area contributed by atoms with Gasteiger partial charge < -0.3 is 0 Å². The highest BCUT2D eigenvalue weighted by Crippen LogP contribution is 2.34. The van der Waals surface area contributed by atoms with Crippen LogP contribution in [0.3, 0.4) is 0 Å². The van der Waals surface area contributed by atoms with Crippen LogP contribution in [0.2, 0.25) is 0 Å². The third kappa shape index (κ3) is 2.31. The van der Waals surface area contributed by atoms with Crippen LogP contribution in [0.5, 0.6) is 0 Å². The normalized spacial score (nSPS) is 11.8. The van der Waals surface area contributed by atoms with Crippen molar-refractivity contribution in [1.82, 2.24) is 4.57 Å². The van der Waals surface area contributed by atoms with E-state index in [1.165, 1.54) is 22.8 Å². The molecule has 0 atom stereocenters. The second-order valence-corrected chi connectivity index (χ2v) is 4.58. The fourth-order valence-corrected chi connectivity index (χ4v) is 2.36. The van der Waals surface area contributed by atoms with Crippen molar-refractivity contribution in [2.45, 2.75) is 6.18 Å². The fraction of sp³-hybridized carbons (Fsp3) is 0.0625. The molecule has 0 spiro atoms. The Morgan fingerprint density at radius 1 is 0.857 bits per heavy atom. The van der Waals surface area contributed by atoms with Crippen LogP contribution in [0.1, 0.15) is 5.56 Å². The van der Waals surface area contributed by atoms with E-state index >= 15 is 0 Å². The number of aromatic nitrogens is 1. The van der Waals surface area contributed by atoms with E-state index < -0.39 is 17.3 Å². The van der Waals surface area contributed by atoms with E-state index in [0.29, 0.717) is 11.8 Å². The molecule has 5 heteroatoms. The number of nitrogens with zero attached hydrogens (tertiary/aromatic N) is 1. The Morgan fingerprint density at radius 3 is 2.14 bits per heavy atom. The van der Waals surface area contributed by atoms with Crippen LogP contribution in [0, 0.1) is 0 Å². The molecule has 2 nitrogen and oxygen atoms in total. The Kier molecular flexibility index (Phi) is 3.05. The number of fused-ring (bicyclic) bond motifs is 1. The van der Waals surface area contributed by atoms with Crippen LogP contribution in [-0.2, 0) is 6.18 Å². The molecule has 0 bridgehead atoms. The Morgan fingerprint density at radius 2 is 1.48 bits per heavy atom. The molecule has 0 fully saturated rings. The number of para-hydroxylation sites is 2. The minimum atomic E-state index is -4.56. The van der Waals surface area contributed by atoms with Crippen molar-refractivity contribution in [3.05, 3.63) is 76.6 Å². The number of hydrogen-bond acceptors (Lipinski definition) is 1. The van der Waals surface area contributed by atoms with Gasteiger partial charge in [0, 0.05) is 17.1 Å². The molecule has 0 saturated carbocycles. The quantitative estimate of drug-likeness (QED) is 0.663. The Bertz CT molecular complexity index is 851. The van der Waals surface area contributed by atoms with Crippen LogP contribution < -0.4 is 5.56 Å². The molecule has 0 aliphatic carbocycles. The number of rotatable bonds is 1. The van der Waals surface area contributed by atoms with Gasteiger partial charge in [0.15, 0.2) is 0 Å². The van der Waals surface area contributed by atoms with E-state index in [-0.39, 0.29) is 10.9 Å². The molecule has 0 aliphatic heterocycles. The predicted octanol–water partition coefficient (Wildman–Crippen LogP) is 4.01. The van der Waals surface area contributed by atoms with E-state index in [1.54, 1.807) is 36.4 Å². The number of halogens is 3. The minimum Gasteiger partial charge on any atom is -0.277 e. The van der Waals surface area contributed by atoms with Crippen molar-refractivity contribution in [2.24, 2.45) is 0 Å². The Balaban J connectivity index is 2.44. The molecule has 1 aromatic heterocycles. The van der Waals surface area contributed by atoms with E-state index in [9.17, 15) is 18.0 Å². The van der Waals surface area contributed by atoms with E-state index in [1.807, 2.05) is 0 Å². The zero-order valence-corrected chi connectivity index (χ0v) is 10.8. The van der Waals surface area contributed by atoms with Crippen LogP contribution in [-0.4, -0.2) is 4.57 Å². The smallest absolute Gasteiger partial charge is 0.277 e. The van der Waals surface area contributed by atoms with Crippen molar-refractivity contribution in [3.8, 4) is 5.69 Å². The van der Waals surface area contributed by atoms with E-state index in [4.69, 9.17) is 0 Å². The van der Waals surface area contributed by atoms with Crippen molar-refractivity contribution in [3.63, 3.8) is 0 Å². The average molecular weight is 289 g/mol. The third-order valence-corrected chi connectivity index (χ3v) is 3.24. The van der Waals surface area contributed by atoms with Gasteiger partial charge in [-0.15, -0.1) is 0 Å². The van der Waals surface area contributed by atoms with Gasteiger partial charge in [-0.1, -0.05) is 36.4 Å². The van der Waals surface area contributed by atoms with Gasteiger partial charge in [0.05, 0.1) is 11.1 Å². The summed E-state index contributed by atoms with van der Waals surface area (Å²) in [5, 5.41) is 0.00783. The van der Waals surface area contributed by atoms with Crippen LogP contribution in [0.25, 0.3) is 16.6 Å². The second-order valence-electron chi connectivity index (χ2n) is 4.58. The number of benzene rings is 2. The first-order chi connectivity index (χ1) is 9.98. The number of pyridine rings is 1. The van der Waals surface area contributed by atoms with Crippen molar-refractivity contribution < 1.29 is 13.2 Å². The summed E-state index contributed by atoms with van der Waals surface area (Å²) in [7, 11) is 0. The molecule has 0 saturated heterocycles. The standard InChI is InChI=1S/C16H10F3NO/c17-16(18,19)13-10-15(21)20(11-6-2-1-3-7-11)14-9-5-4-8-12(13)14/h1-10H. The highest BCUT2D eigenvalue weighted by Gasteiger charge is 2.33. The predicted molar refractivity (Wildman–Crippen MR) is 74.5 cm³/mol. The van der Waals surface area contributed by atoms with Crippen molar-refractivity contribution >= 4 is 10.9 Å². The minimum absolute atomic E-state index is 0.00783. The van der Waals surface area contributed by atoms with E-state index in [2.05, 4.69) is 0 Å². The molecule has 106 valence electrons. The molecule has 0 aliphatic rings. The number of alkyl halides is 3. The SMILES string of the molecule is O=c1cc(C(F)(F)F)c2ccccc2n1-c1ccccc1. The summed E-state index contributed by atoms with van der Waals surface area (Å²) in [6.45, 7) is 0. The fourth-order valence-electron chi connectivity index (χ4n) is 2.36. The largest absolute Gasteiger partial charge is 0.417 e. The maximum Gasteiger partial charge on any atom is 0.417 e. The topological polar surface area (TPSA) is 22.0 Å². The zero-order valence-electron chi connectivity index (χ0n) is 10.8. The molecule has 0 unspecified atom stereocenters. The lowest BCUT2D eigenvalue weighted by atomic mass is 10.1. The first-order valence-corrected chi connectivity index (χ1v) is 6.26. The van der Waals surface area contributed by atoms with Gasteiger partial charge in [-0.25, -0.2) is 0 Å². The summed E-state index contributed by atoms with van der Waals surface area (Å²) in [6, 6.07) is 15.3. The number of hydrogen-bond donors (Lipinski definition) is 0. The highest BCUT2D eigenvalue weighted by atomic mass is 19.4. The molecule has 2 aromatic carbocycles. The van der Waals surface area contributed by atoms with Gasteiger partial charge in [0.1, 0.15) is 0 Å². The average Bonchev–Trinajstić information content (AvgIpc) is 2.46. The van der Waals surface area contributed by atoms with Gasteiger partial charge in [0.25, 0.3) is 5.56 Å².